The van der Waals surface area contributed by atoms with E-state index in [4.69, 9.17) is 8.83 Å². The van der Waals surface area contributed by atoms with Gasteiger partial charge in [-0.15, -0.1) is 0 Å². The minimum absolute atomic E-state index is 0.0913. The number of aromatic nitrogens is 2. The molecule has 0 bridgehead atoms. The summed E-state index contributed by atoms with van der Waals surface area (Å²) in [6, 6.07) is 126. The zero-order valence-electron chi connectivity index (χ0n) is 69.4. The summed E-state index contributed by atoms with van der Waals surface area (Å²) in [7, 11) is 0. The summed E-state index contributed by atoms with van der Waals surface area (Å²) < 4.78 is 20.2. The molecular formula is C112H91BN4O2. The predicted octanol–water partition coefficient (Wildman–Crippen LogP) is 29.3. The first-order valence-electron chi connectivity index (χ1n) is 42.1. The summed E-state index contributed by atoms with van der Waals surface area (Å²) >= 11 is 0. The molecule has 119 heavy (non-hydrogen) atoms. The number of benzene rings is 16. The molecule has 0 unspecified atom stereocenters. The molecule has 0 radical (unpaired) electrons. The molecule has 6 heterocycles. The second-order valence-electron chi connectivity index (χ2n) is 37.2. The second kappa shape index (κ2) is 26.4. The lowest BCUT2D eigenvalue weighted by Gasteiger charge is -2.45. The Bertz CT molecular complexity index is 6990. The van der Waals surface area contributed by atoms with Crippen LogP contribution in [0.3, 0.4) is 0 Å². The summed E-state index contributed by atoms with van der Waals surface area (Å²) in [6.45, 7) is 27.6. The van der Waals surface area contributed by atoms with Crippen LogP contribution in [0.4, 0.5) is 34.1 Å². The van der Waals surface area contributed by atoms with Gasteiger partial charge in [-0.3, -0.25) is 0 Å². The van der Waals surface area contributed by atoms with Crippen molar-refractivity contribution >= 4 is 145 Å². The van der Waals surface area contributed by atoms with Crippen LogP contribution in [-0.2, 0) is 21.7 Å². The summed E-state index contributed by atoms with van der Waals surface area (Å²) in [5.41, 5.74) is 35.3. The van der Waals surface area contributed by atoms with E-state index in [1.54, 1.807) is 0 Å². The molecule has 16 aromatic carbocycles. The molecule has 6 nitrogen and oxygen atoms in total. The molecule has 0 aliphatic carbocycles. The van der Waals surface area contributed by atoms with Crippen LogP contribution in [0, 0.1) is 0 Å². The third-order valence-corrected chi connectivity index (χ3v) is 25.7. The molecular weight excluding hydrogens is 1440 g/mol. The summed E-state index contributed by atoms with van der Waals surface area (Å²) in [6.07, 6.45) is 0. The molecule has 2 aliphatic rings. The Morgan fingerprint density at radius 3 is 0.874 bits per heavy atom. The van der Waals surface area contributed by atoms with Gasteiger partial charge < -0.3 is 27.8 Å². The number of para-hydroxylation sites is 2. The van der Waals surface area contributed by atoms with Crippen molar-refractivity contribution < 1.29 is 8.83 Å². The number of rotatable bonds is 9. The van der Waals surface area contributed by atoms with E-state index in [2.05, 4.69) is 436 Å². The van der Waals surface area contributed by atoms with E-state index >= 15 is 0 Å². The highest BCUT2D eigenvalue weighted by molar-refractivity contribution is 7.00. The van der Waals surface area contributed by atoms with E-state index in [0.717, 1.165) is 167 Å². The van der Waals surface area contributed by atoms with Crippen LogP contribution in [0.15, 0.2) is 342 Å². The van der Waals surface area contributed by atoms with Crippen LogP contribution < -0.4 is 26.2 Å². The number of fused-ring (bicyclic) bond motifs is 16. The number of hydrogen-bond acceptors (Lipinski definition) is 4. The van der Waals surface area contributed by atoms with Crippen LogP contribution >= 0.6 is 0 Å². The van der Waals surface area contributed by atoms with E-state index in [1.807, 2.05) is 0 Å². The van der Waals surface area contributed by atoms with Crippen LogP contribution in [0.2, 0.25) is 0 Å². The summed E-state index contributed by atoms with van der Waals surface area (Å²) in [4.78, 5) is 5.39. The third-order valence-electron chi connectivity index (χ3n) is 25.7. The normalized spacial score (nSPS) is 13.2. The van der Waals surface area contributed by atoms with Crippen molar-refractivity contribution in [2.75, 3.05) is 9.80 Å². The van der Waals surface area contributed by atoms with Gasteiger partial charge in [0.25, 0.3) is 6.71 Å². The Morgan fingerprint density at radius 1 is 0.244 bits per heavy atom. The SMILES string of the molecule is CC(C)(C)c1ccc2c(c1)c1cc(C(C)(C)C)ccc1n2-c1ccc2c(c1)N(c1c(-c3ccccc3)cc(-c3ccccc3)c3oc4ccccc4c13)c1cc(-c3ccccc3)cc3c1B2c1ccc(-n2c4ccc(C(C)(C)C)cc4c4cc(C(C)(C)C)ccc42)cc1N3c1c(-c2ccccc2)cc(-c2ccccc2)c2oc3ccccc3c12. The second-order valence-corrected chi connectivity index (χ2v) is 37.2. The maximum Gasteiger partial charge on any atom is 0.252 e. The standard InChI is InChI=1S/C112H91BN4O2/c1-109(2,3)74-46-54-92-86(60-74)87-61-75(110(4,5)6)47-55-93(87)114(92)78-50-52-90-96(64-78)116(105-82(69-34-20-14-21-35-69)66-84(71-38-24-16-25-39-71)107-102(105)80-42-28-30-44-100(80)118-107)98-58-73(68-32-18-13-19-33-68)59-99-104(98)113(90)91-53-51-79(115-94-56-48-76(111(7,8)9)62-88(94)89-63-77(112(10,11)12)49-57-95(89)115)65-97(91)117(99)106-83(70-36-22-15-23-37-70)67-85(72-40-26-17-27-41-72)108-103(106)81-43-29-31-45-101(81)119-108/h13-67H,1-12H3. The maximum atomic E-state index is 7.53. The number of nitrogens with zero attached hydrogens (tertiary/aromatic N) is 4. The average Bonchev–Trinajstić information content (AvgIpc) is 1.52. The minimum atomic E-state index is -0.352. The van der Waals surface area contributed by atoms with Crippen LogP contribution in [0.1, 0.15) is 105 Å². The fourth-order valence-electron chi connectivity index (χ4n) is 19.6. The molecule has 20 aromatic rings. The summed E-state index contributed by atoms with van der Waals surface area (Å²) in [5, 5.41) is 9.06. The van der Waals surface area contributed by atoms with Gasteiger partial charge in [-0.2, -0.15) is 0 Å². The fourth-order valence-corrected chi connectivity index (χ4v) is 19.6. The molecule has 0 amide bonds. The Morgan fingerprint density at radius 2 is 0.546 bits per heavy atom. The average molecular weight is 1540 g/mol. The number of furan rings is 2. The maximum absolute atomic E-state index is 7.53. The fraction of sp³-hybridized carbons (Fsp3) is 0.143. The van der Waals surface area contributed by atoms with Crippen molar-refractivity contribution in [3.8, 4) is 67.0 Å². The highest BCUT2D eigenvalue weighted by atomic mass is 16.3. The van der Waals surface area contributed by atoms with E-state index in [0.29, 0.717) is 0 Å². The smallest absolute Gasteiger partial charge is 0.252 e. The number of anilines is 6. The van der Waals surface area contributed by atoms with Crippen molar-refractivity contribution in [1.82, 2.24) is 9.13 Å². The number of hydrogen-bond donors (Lipinski definition) is 0. The zero-order valence-corrected chi connectivity index (χ0v) is 69.4. The van der Waals surface area contributed by atoms with Crippen molar-refractivity contribution in [1.29, 1.82) is 0 Å². The molecule has 0 spiro atoms. The minimum Gasteiger partial charge on any atom is -0.455 e. The molecule has 0 fully saturated rings. The van der Waals surface area contributed by atoms with Gasteiger partial charge in [0, 0.05) is 88.7 Å². The topological polar surface area (TPSA) is 42.6 Å². The molecule has 22 rings (SSSR count). The lowest BCUT2D eigenvalue weighted by atomic mass is 9.33. The molecule has 0 atom stereocenters. The predicted molar refractivity (Wildman–Crippen MR) is 506 cm³/mol. The van der Waals surface area contributed by atoms with E-state index < -0.39 is 0 Å². The third kappa shape index (κ3) is 11.4. The van der Waals surface area contributed by atoms with Crippen molar-refractivity contribution in [3.05, 3.63) is 356 Å². The van der Waals surface area contributed by atoms with Crippen LogP contribution in [0.5, 0.6) is 0 Å². The quantitative estimate of drug-likeness (QED) is 0.135. The van der Waals surface area contributed by atoms with Crippen LogP contribution in [0.25, 0.3) is 154 Å². The monoisotopic (exact) mass is 1530 g/mol. The zero-order chi connectivity index (χ0) is 80.9. The largest absolute Gasteiger partial charge is 0.455 e. The first kappa shape index (κ1) is 71.9. The summed E-state index contributed by atoms with van der Waals surface area (Å²) in [5.74, 6) is 0. The van der Waals surface area contributed by atoms with Gasteiger partial charge >= 0.3 is 0 Å². The molecule has 0 saturated heterocycles. The molecule has 0 N–H and O–H groups in total. The molecule has 0 saturated carbocycles. The van der Waals surface area contributed by atoms with Gasteiger partial charge in [0.15, 0.2) is 0 Å². The van der Waals surface area contributed by atoms with E-state index in [-0.39, 0.29) is 28.4 Å². The first-order chi connectivity index (χ1) is 57.6. The van der Waals surface area contributed by atoms with Crippen molar-refractivity contribution in [2.24, 2.45) is 0 Å². The van der Waals surface area contributed by atoms with Crippen LogP contribution in [-0.4, -0.2) is 15.8 Å². The Balaban J connectivity index is 0.936. The van der Waals surface area contributed by atoms with E-state index in [1.165, 1.54) is 60.2 Å². The van der Waals surface area contributed by atoms with Crippen molar-refractivity contribution in [3.63, 3.8) is 0 Å². The molecule has 4 aromatic heterocycles. The lowest BCUT2D eigenvalue weighted by Crippen LogP contribution is -2.61. The molecule has 2 aliphatic heterocycles. The van der Waals surface area contributed by atoms with Gasteiger partial charge in [-0.05, 0) is 203 Å². The van der Waals surface area contributed by atoms with Gasteiger partial charge in [-0.25, -0.2) is 0 Å². The van der Waals surface area contributed by atoms with E-state index in [9.17, 15) is 0 Å². The van der Waals surface area contributed by atoms with Gasteiger partial charge in [0.2, 0.25) is 0 Å². The molecule has 7 heteroatoms. The van der Waals surface area contributed by atoms with Gasteiger partial charge in [0.05, 0.1) is 44.2 Å². The highest BCUT2D eigenvalue weighted by Gasteiger charge is 2.47. The highest BCUT2D eigenvalue weighted by Crippen LogP contribution is 2.58. The van der Waals surface area contributed by atoms with Crippen molar-refractivity contribution in [2.45, 2.75) is 105 Å². The van der Waals surface area contributed by atoms with Gasteiger partial charge in [0.1, 0.15) is 22.3 Å². The van der Waals surface area contributed by atoms with Gasteiger partial charge in [-0.1, -0.05) is 308 Å². The molecule has 574 valence electrons. The lowest BCUT2D eigenvalue weighted by molar-refractivity contribution is 0.590. The first-order valence-corrected chi connectivity index (χ1v) is 42.1. The Hall–Kier alpha value is -13.6. The Labute approximate surface area is 695 Å². The Kier molecular flexibility index (Phi) is 16.0.